The van der Waals surface area contributed by atoms with Gasteiger partial charge in [-0.15, -0.1) is 0 Å². The summed E-state index contributed by atoms with van der Waals surface area (Å²) in [5.74, 6) is 0. The van der Waals surface area contributed by atoms with Gasteiger partial charge in [0, 0.05) is 42.0 Å². The zero-order valence-electron chi connectivity index (χ0n) is 19.1. The van der Waals surface area contributed by atoms with E-state index >= 15 is 0 Å². The van der Waals surface area contributed by atoms with E-state index in [1.165, 1.54) is 19.0 Å². The SMILES string of the molecule is C=N/C(=C\N)c1cccc(-c2cccc(-c3cnc(CN4CCCC4)c(C)n3)c2NC)c1Cl. The van der Waals surface area contributed by atoms with Crippen molar-refractivity contribution in [3.63, 3.8) is 0 Å². The molecule has 4 rings (SSSR count). The molecule has 0 aliphatic carbocycles. The number of rotatable bonds is 7. The van der Waals surface area contributed by atoms with Crippen LogP contribution in [0.25, 0.3) is 28.1 Å². The summed E-state index contributed by atoms with van der Waals surface area (Å²) in [6.07, 6.45) is 5.80. The molecule has 1 aliphatic heterocycles. The number of hydrogen-bond donors (Lipinski definition) is 2. The van der Waals surface area contributed by atoms with Crippen molar-refractivity contribution in [3.8, 4) is 22.4 Å². The van der Waals surface area contributed by atoms with Crippen LogP contribution < -0.4 is 11.1 Å². The fourth-order valence-electron chi connectivity index (χ4n) is 4.37. The van der Waals surface area contributed by atoms with Crippen LogP contribution in [-0.4, -0.2) is 41.7 Å². The Kier molecular flexibility index (Phi) is 7.06. The number of para-hydroxylation sites is 1. The van der Waals surface area contributed by atoms with Crippen molar-refractivity contribution in [2.24, 2.45) is 10.7 Å². The van der Waals surface area contributed by atoms with Gasteiger partial charge in [-0.3, -0.25) is 14.9 Å². The van der Waals surface area contributed by atoms with E-state index in [0.717, 1.165) is 64.7 Å². The monoisotopic (exact) mass is 460 g/mol. The number of aliphatic imine (C=N–C) groups is 1. The number of nitrogens with two attached hydrogens (primary N) is 1. The van der Waals surface area contributed by atoms with Gasteiger partial charge in [0.25, 0.3) is 0 Å². The molecule has 2 aromatic carbocycles. The minimum absolute atomic E-state index is 0.541. The summed E-state index contributed by atoms with van der Waals surface area (Å²) in [5.41, 5.74) is 13.6. The average Bonchev–Trinajstić information content (AvgIpc) is 3.35. The predicted molar refractivity (Wildman–Crippen MR) is 138 cm³/mol. The van der Waals surface area contributed by atoms with Gasteiger partial charge in [-0.25, -0.2) is 4.98 Å². The van der Waals surface area contributed by atoms with Crippen LogP contribution >= 0.6 is 11.6 Å². The maximum absolute atomic E-state index is 6.81. The van der Waals surface area contributed by atoms with Crippen LogP contribution in [0.5, 0.6) is 0 Å². The third-order valence-corrected chi connectivity index (χ3v) is 6.51. The van der Waals surface area contributed by atoms with Gasteiger partial charge in [-0.05, 0) is 39.6 Å². The van der Waals surface area contributed by atoms with Crippen LogP contribution in [-0.2, 0) is 6.54 Å². The van der Waals surface area contributed by atoms with Crippen molar-refractivity contribution >= 4 is 29.7 Å². The number of hydrogen-bond acceptors (Lipinski definition) is 6. The molecule has 0 saturated carbocycles. The second-order valence-electron chi connectivity index (χ2n) is 8.13. The molecule has 1 fully saturated rings. The molecule has 1 aliphatic rings. The first-order chi connectivity index (χ1) is 16.1. The summed E-state index contributed by atoms with van der Waals surface area (Å²) in [6, 6.07) is 11.9. The zero-order valence-corrected chi connectivity index (χ0v) is 19.9. The highest BCUT2D eigenvalue weighted by molar-refractivity contribution is 6.35. The van der Waals surface area contributed by atoms with Gasteiger partial charge in [0.05, 0.1) is 39.7 Å². The summed E-state index contributed by atoms with van der Waals surface area (Å²) in [4.78, 5) is 16.1. The molecule has 0 atom stereocenters. The molecule has 6 nitrogen and oxygen atoms in total. The van der Waals surface area contributed by atoms with Crippen LogP contribution in [0.4, 0.5) is 5.69 Å². The van der Waals surface area contributed by atoms with Gasteiger partial charge >= 0.3 is 0 Å². The van der Waals surface area contributed by atoms with E-state index in [2.05, 4.69) is 21.9 Å². The number of benzene rings is 2. The lowest BCUT2D eigenvalue weighted by Crippen LogP contribution is -2.20. The van der Waals surface area contributed by atoms with E-state index in [1.807, 2.05) is 56.6 Å². The lowest BCUT2D eigenvalue weighted by molar-refractivity contribution is 0.326. The molecule has 33 heavy (non-hydrogen) atoms. The van der Waals surface area contributed by atoms with E-state index < -0.39 is 0 Å². The Labute approximate surface area is 200 Å². The minimum Gasteiger partial charge on any atom is -0.403 e. The topological polar surface area (TPSA) is 79.4 Å². The quantitative estimate of drug-likeness (QED) is 0.463. The molecule has 1 aromatic heterocycles. The van der Waals surface area contributed by atoms with Gasteiger partial charge in [-0.1, -0.05) is 48.0 Å². The molecule has 1 saturated heterocycles. The third kappa shape index (κ3) is 4.63. The highest BCUT2D eigenvalue weighted by Crippen LogP contribution is 2.41. The summed E-state index contributed by atoms with van der Waals surface area (Å²) in [5, 5.41) is 3.92. The Bertz CT molecular complexity index is 1200. The van der Waals surface area contributed by atoms with Crippen LogP contribution in [0.15, 0.2) is 53.8 Å². The van der Waals surface area contributed by atoms with Crippen LogP contribution in [0.2, 0.25) is 5.02 Å². The standard InChI is InChI=1S/C26H29ClN6/c1-17-24(16-33-12-4-5-13-33)31-15-23(32-17)21-11-7-9-19(26(21)30-3)18-8-6-10-20(25(18)27)22(14-28)29-2/h6-11,14-15,30H,2,4-5,12-13,16,28H2,1,3H3/b22-14-. The number of halogens is 1. The molecule has 0 bridgehead atoms. The van der Waals surface area contributed by atoms with Gasteiger partial charge in [-0.2, -0.15) is 0 Å². The van der Waals surface area contributed by atoms with Crippen LogP contribution in [0.1, 0.15) is 29.8 Å². The molecule has 0 unspecified atom stereocenters. The zero-order chi connectivity index (χ0) is 23.4. The van der Waals surface area contributed by atoms with E-state index in [1.54, 1.807) is 0 Å². The van der Waals surface area contributed by atoms with Crippen molar-refractivity contribution in [1.82, 2.24) is 14.9 Å². The highest BCUT2D eigenvalue weighted by atomic mass is 35.5. The number of anilines is 1. The molecule has 0 radical (unpaired) electrons. The summed E-state index contributed by atoms with van der Waals surface area (Å²) >= 11 is 6.81. The second kappa shape index (κ2) is 10.1. The fourth-order valence-corrected chi connectivity index (χ4v) is 4.69. The highest BCUT2D eigenvalue weighted by Gasteiger charge is 2.18. The Balaban J connectivity index is 1.76. The van der Waals surface area contributed by atoms with Crippen molar-refractivity contribution in [2.75, 3.05) is 25.5 Å². The lowest BCUT2D eigenvalue weighted by atomic mass is 9.96. The first-order valence-electron chi connectivity index (χ1n) is 11.1. The smallest absolute Gasteiger partial charge is 0.0909 e. The van der Waals surface area contributed by atoms with E-state index in [-0.39, 0.29) is 0 Å². The Morgan fingerprint density at radius 1 is 1.18 bits per heavy atom. The number of nitrogens with one attached hydrogen (secondary N) is 1. The maximum atomic E-state index is 6.81. The first kappa shape index (κ1) is 23.0. The molecule has 170 valence electrons. The molecule has 7 heteroatoms. The number of nitrogens with zero attached hydrogens (tertiary/aromatic N) is 4. The minimum atomic E-state index is 0.541. The summed E-state index contributed by atoms with van der Waals surface area (Å²) in [6.45, 7) is 8.76. The van der Waals surface area contributed by atoms with Crippen LogP contribution in [0, 0.1) is 6.92 Å². The van der Waals surface area contributed by atoms with Crippen molar-refractivity contribution in [3.05, 3.63) is 70.8 Å². The Morgan fingerprint density at radius 2 is 1.88 bits per heavy atom. The second-order valence-corrected chi connectivity index (χ2v) is 8.50. The van der Waals surface area contributed by atoms with Gasteiger partial charge < -0.3 is 11.1 Å². The fraction of sp³-hybridized carbons (Fsp3) is 0.269. The molecule has 3 N–H and O–H groups in total. The molecule has 0 spiro atoms. The maximum Gasteiger partial charge on any atom is 0.0909 e. The average molecular weight is 461 g/mol. The number of aryl methyl sites for hydroxylation is 1. The first-order valence-corrected chi connectivity index (χ1v) is 11.5. The van der Waals surface area contributed by atoms with Gasteiger partial charge in [0.2, 0.25) is 0 Å². The van der Waals surface area contributed by atoms with Gasteiger partial charge in [0.15, 0.2) is 0 Å². The Hall–Kier alpha value is -3.22. The van der Waals surface area contributed by atoms with Crippen molar-refractivity contribution in [2.45, 2.75) is 26.3 Å². The van der Waals surface area contributed by atoms with Crippen molar-refractivity contribution in [1.29, 1.82) is 0 Å². The molecule has 2 heterocycles. The largest absolute Gasteiger partial charge is 0.403 e. The third-order valence-electron chi connectivity index (χ3n) is 6.10. The van der Waals surface area contributed by atoms with Gasteiger partial charge in [0.1, 0.15) is 0 Å². The number of aromatic nitrogens is 2. The Morgan fingerprint density at radius 3 is 2.55 bits per heavy atom. The summed E-state index contributed by atoms with van der Waals surface area (Å²) < 4.78 is 0. The van der Waals surface area contributed by atoms with Crippen LogP contribution in [0.3, 0.4) is 0 Å². The van der Waals surface area contributed by atoms with E-state index in [4.69, 9.17) is 27.3 Å². The molecular formula is C26H29ClN6. The lowest BCUT2D eigenvalue weighted by Gasteiger charge is -2.18. The predicted octanol–water partition coefficient (Wildman–Crippen LogP) is 5.37. The normalized spacial score (nSPS) is 14.5. The number of likely N-dealkylation sites (tertiary alicyclic amines) is 1. The summed E-state index contributed by atoms with van der Waals surface area (Å²) in [7, 11) is 1.90. The van der Waals surface area contributed by atoms with E-state index in [0.29, 0.717) is 10.7 Å². The molecule has 3 aromatic rings. The molecule has 0 amide bonds. The molecular weight excluding hydrogens is 432 g/mol. The van der Waals surface area contributed by atoms with Crippen molar-refractivity contribution < 1.29 is 0 Å². The van der Waals surface area contributed by atoms with E-state index in [9.17, 15) is 0 Å².